The predicted octanol–water partition coefficient (Wildman–Crippen LogP) is 2.35. The van der Waals surface area contributed by atoms with Crippen molar-refractivity contribution in [1.29, 1.82) is 0 Å². The molecule has 1 fully saturated rings. The molecule has 1 aliphatic heterocycles. The highest BCUT2D eigenvalue weighted by molar-refractivity contribution is 5.91. The maximum Gasteiger partial charge on any atom is 0.239 e. The number of hydrogen-bond acceptors (Lipinski definition) is 4. The first-order valence-corrected chi connectivity index (χ1v) is 8.01. The van der Waals surface area contributed by atoms with Crippen molar-refractivity contribution in [2.45, 2.75) is 13.5 Å². The van der Waals surface area contributed by atoms with Gasteiger partial charge in [-0.05, 0) is 12.5 Å². The highest BCUT2D eigenvalue weighted by atomic mass is 35.5. The average molecular weight is 423 g/mol. The molecule has 2 N–H and O–H groups in total. The first-order chi connectivity index (χ1) is 11.2. The van der Waals surface area contributed by atoms with E-state index in [1.54, 1.807) is 6.20 Å². The van der Waals surface area contributed by atoms with E-state index in [0.29, 0.717) is 13.1 Å². The van der Waals surface area contributed by atoms with Crippen molar-refractivity contribution in [3.8, 4) is 0 Å². The molecule has 1 aromatic heterocycles. The molecule has 146 valence electrons. The van der Waals surface area contributed by atoms with Crippen molar-refractivity contribution in [1.82, 2.24) is 20.0 Å². The average Bonchev–Trinajstić information content (AvgIpc) is 2.95. The molecule has 26 heavy (non-hydrogen) atoms. The van der Waals surface area contributed by atoms with E-state index < -0.39 is 0 Å². The number of nitrogens with one attached hydrogen (secondary N) is 2. The Hall–Kier alpha value is -1.31. The van der Waals surface area contributed by atoms with E-state index in [1.807, 2.05) is 16.8 Å². The number of carbonyl (C=O) groups is 1. The zero-order valence-electron chi connectivity index (χ0n) is 14.7. The lowest BCUT2D eigenvalue weighted by Crippen LogP contribution is -2.46. The molecular formula is C17H26Cl3N5O. The predicted molar refractivity (Wildman–Crippen MR) is 112 cm³/mol. The van der Waals surface area contributed by atoms with Crippen molar-refractivity contribution in [3.05, 3.63) is 47.7 Å². The molecule has 1 aliphatic rings. The standard InChI is InChI=1S/C17H23N5O.3ClH/c1-14-3-2-4-15(11-14)12-22-16(5-6-19-22)20-17(23)13-21-9-7-18-8-10-21;;;/h2-6,11,18H,7-10,12-13H2,1H3,(H,20,23);3*1H. The number of nitrogens with zero attached hydrogens (tertiary/aromatic N) is 3. The van der Waals surface area contributed by atoms with Crippen LogP contribution < -0.4 is 10.6 Å². The Morgan fingerprint density at radius 2 is 1.92 bits per heavy atom. The molecule has 0 saturated carbocycles. The third-order valence-electron chi connectivity index (χ3n) is 3.98. The lowest BCUT2D eigenvalue weighted by Gasteiger charge is -2.26. The van der Waals surface area contributed by atoms with Crippen molar-refractivity contribution in [2.75, 3.05) is 38.0 Å². The van der Waals surface area contributed by atoms with Crippen LogP contribution in [0.5, 0.6) is 0 Å². The van der Waals surface area contributed by atoms with Gasteiger partial charge in [-0.1, -0.05) is 29.8 Å². The molecule has 0 radical (unpaired) electrons. The van der Waals surface area contributed by atoms with Gasteiger partial charge in [0, 0.05) is 32.2 Å². The van der Waals surface area contributed by atoms with Crippen LogP contribution in [0.2, 0.25) is 0 Å². The van der Waals surface area contributed by atoms with Gasteiger partial charge in [0.25, 0.3) is 0 Å². The summed E-state index contributed by atoms with van der Waals surface area (Å²) >= 11 is 0. The fraction of sp³-hybridized carbons (Fsp3) is 0.412. The molecule has 3 rings (SSSR count). The van der Waals surface area contributed by atoms with E-state index in [4.69, 9.17) is 0 Å². The van der Waals surface area contributed by atoms with Crippen molar-refractivity contribution < 1.29 is 4.79 Å². The Kier molecular flexibility index (Phi) is 11.5. The van der Waals surface area contributed by atoms with Crippen LogP contribution >= 0.6 is 37.2 Å². The van der Waals surface area contributed by atoms with E-state index in [2.05, 4.69) is 45.8 Å². The summed E-state index contributed by atoms with van der Waals surface area (Å²) in [7, 11) is 0. The molecular weight excluding hydrogens is 397 g/mol. The number of anilines is 1. The Morgan fingerprint density at radius 3 is 2.62 bits per heavy atom. The number of benzene rings is 1. The van der Waals surface area contributed by atoms with Gasteiger partial charge in [0.2, 0.25) is 5.91 Å². The highest BCUT2D eigenvalue weighted by Crippen LogP contribution is 2.11. The molecule has 9 heteroatoms. The summed E-state index contributed by atoms with van der Waals surface area (Å²) in [6, 6.07) is 10.2. The van der Waals surface area contributed by atoms with Gasteiger partial charge in [0.1, 0.15) is 5.82 Å². The zero-order valence-corrected chi connectivity index (χ0v) is 17.1. The van der Waals surface area contributed by atoms with Crippen LogP contribution in [0, 0.1) is 6.92 Å². The van der Waals surface area contributed by atoms with Gasteiger partial charge in [0.15, 0.2) is 0 Å². The summed E-state index contributed by atoms with van der Waals surface area (Å²) in [4.78, 5) is 14.4. The third-order valence-corrected chi connectivity index (χ3v) is 3.98. The van der Waals surface area contributed by atoms with E-state index in [0.717, 1.165) is 32.0 Å². The Balaban J connectivity index is 0.00000208. The number of aromatic nitrogens is 2. The van der Waals surface area contributed by atoms with E-state index in [-0.39, 0.29) is 43.1 Å². The summed E-state index contributed by atoms with van der Waals surface area (Å²) in [6.07, 6.45) is 1.72. The minimum Gasteiger partial charge on any atom is -0.314 e. The van der Waals surface area contributed by atoms with Crippen molar-refractivity contribution in [3.63, 3.8) is 0 Å². The Bertz CT molecular complexity index is 674. The number of amides is 1. The van der Waals surface area contributed by atoms with Crippen LogP contribution in [0.4, 0.5) is 5.82 Å². The second-order valence-corrected chi connectivity index (χ2v) is 5.94. The van der Waals surface area contributed by atoms with Gasteiger partial charge in [-0.15, -0.1) is 37.2 Å². The summed E-state index contributed by atoms with van der Waals surface area (Å²) in [5.41, 5.74) is 2.39. The van der Waals surface area contributed by atoms with Gasteiger partial charge in [-0.3, -0.25) is 9.69 Å². The number of rotatable bonds is 5. The smallest absolute Gasteiger partial charge is 0.239 e. The molecule has 1 amide bonds. The van der Waals surface area contributed by atoms with Gasteiger partial charge in [-0.25, -0.2) is 4.68 Å². The molecule has 0 unspecified atom stereocenters. The first kappa shape index (κ1) is 24.7. The molecule has 0 bridgehead atoms. The fourth-order valence-corrected chi connectivity index (χ4v) is 2.80. The summed E-state index contributed by atoms with van der Waals surface area (Å²) in [5.74, 6) is 0.754. The molecule has 0 atom stereocenters. The molecule has 2 aromatic rings. The minimum absolute atomic E-state index is 0. The van der Waals surface area contributed by atoms with Crippen LogP contribution in [0.1, 0.15) is 11.1 Å². The van der Waals surface area contributed by atoms with Crippen LogP contribution in [-0.4, -0.2) is 53.3 Å². The zero-order chi connectivity index (χ0) is 16.1. The number of piperazine rings is 1. The number of hydrogen-bond donors (Lipinski definition) is 2. The van der Waals surface area contributed by atoms with Crippen LogP contribution in [0.25, 0.3) is 0 Å². The van der Waals surface area contributed by atoms with Crippen molar-refractivity contribution in [2.24, 2.45) is 0 Å². The summed E-state index contributed by atoms with van der Waals surface area (Å²) in [6.45, 7) is 6.86. The number of halogens is 3. The molecule has 1 aromatic carbocycles. The van der Waals surface area contributed by atoms with Gasteiger partial charge in [-0.2, -0.15) is 5.10 Å². The van der Waals surface area contributed by atoms with E-state index in [9.17, 15) is 4.79 Å². The number of aryl methyl sites for hydroxylation is 1. The fourth-order valence-electron chi connectivity index (χ4n) is 2.80. The topological polar surface area (TPSA) is 62.2 Å². The maximum atomic E-state index is 12.2. The Morgan fingerprint density at radius 1 is 1.19 bits per heavy atom. The second-order valence-electron chi connectivity index (χ2n) is 5.94. The first-order valence-electron chi connectivity index (χ1n) is 8.01. The van der Waals surface area contributed by atoms with Crippen LogP contribution in [-0.2, 0) is 11.3 Å². The van der Waals surface area contributed by atoms with Crippen LogP contribution in [0.3, 0.4) is 0 Å². The molecule has 0 spiro atoms. The molecule has 2 heterocycles. The number of carbonyl (C=O) groups excluding carboxylic acids is 1. The highest BCUT2D eigenvalue weighted by Gasteiger charge is 2.14. The Labute approximate surface area is 172 Å². The van der Waals surface area contributed by atoms with E-state index >= 15 is 0 Å². The normalized spacial score (nSPS) is 13.7. The quantitative estimate of drug-likeness (QED) is 0.776. The van der Waals surface area contributed by atoms with Crippen LogP contribution in [0.15, 0.2) is 36.5 Å². The minimum atomic E-state index is 0. The lowest BCUT2D eigenvalue weighted by atomic mass is 10.1. The monoisotopic (exact) mass is 421 g/mol. The van der Waals surface area contributed by atoms with E-state index in [1.165, 1.54) is 11.1 Å². The second kappa shape index (κ2) is 12.1. The molecule has 1 saturated heterocycles. The summed E-state index contributed by atoms with van der Waals surface area (Å²) < 4.78 is 1.82. The SMILES string of the molecule is Cc1cccc(Cn2nccc2NC(=O)CN2CCNCC2)c1.Cl.Cl.Cl. The van der Waals surface area contributed by atoms with Gasteiger partial charge in [0.05, 0.1) is 19.3 Å². The molecule has 6 nitrogen and oxygen atoms in total. The largest absolute Gasteiger partial charge is 0.314 e. The molecule has 0 aliphatic carbocycles. The van der Waals surface area contributed by atoms with Gasteiger partial charge >= 0.3 is 0 Å². The van der Waals surface area contributed by atoms with Crippen molar-refractivity contribution >= 4 is 48.9 Å². The lowest BCUT2D eigenvalue weighted by molar-refractivity contribution is -0.117. The summed E-state index contributed by atoms with van der Waals surface area (Å²) in [5, 5.41) is 10.6. The van der Waals surface area contributed by atoms with Gasteiger partial charge < -0.3 is 10.6 Å². The third kappa shape index (κ3) is 7.13. The maximum absolute atomic E-state index is 12.2.